The van der Waals surface area contributed by atoms with Crippen LogP contribution >= 0.6 is 11.6 Å². The van der Waals surface area contributed by atoms with E-state index in [0.29, 0.717) is 0 Å². The molecule has 0 spiro atoms. The number of alkyl halides is 1. The fourth-order valence-corrected chi connectivity index (χ4v) is 2.97. The molecule has 0 aliphatic carbocycles. The fourth-order valence-electron chi connectivity index (χ4n) is 2.72. The van der Waals surface area contributed by atoms with Crippen molar-refractivity contribution >= 4 is 34.7 Å². The number of carbonyl (C=O) groups is 2. The quantitative estimate of drug-likeness (QED) is 0.444. The Balaban J connectivity index is 2.04. The molecule has 11 heteroatoms. The van der Waals surface area contributed by atoms with Gasteiger partial charge < -0.3 is 14.2 Å². The molecule has 2 aromatic heterocycles. The minimum atomic E-state index is -0.999. The fraction of sp³-hybridized carbons (Fsp3) is 0.500. The Morgan fingerprint density at radius 2 is 1.92 bits per heavy atom. The van der Waals surface area contributed by atoms with E-state index in [0.717, 1.165) is 6.33 Å². The summed E-state index contributed by atoms with van der Waals surface area (Å²) in [6.45, 7) is 2.43. The van der Waals surface area contributed by atoms with E-state index in [4.69, 9.17) is 25.8 Å². The van der Waals surface area contributed by atoms with Crippen molar-refractivity contribution in [2.45, 2.75) is 38.4 Å². The number of halogens is 2. The zero-order valence-corrected chi connectivity index (χ0v) is 14.0. The van der Waals surface area contributed by atoms with E-state index in [2.05, 4.69) is 15.0 Å². The number of fused-ring (bicyclic) bond motifs is 1. The minimum absolute atomic E-state index is 0.0117. The van der Waals surface area contributed by atoms with Crippen LogP contribution < -0.4 is 0 Å². The molecular formula is C14H14ClFN4O5. The normalized spacial score (nSPS) is 25.9. The van der Waals surface area contributed by atoms with Gasteiger partial charge in [-0.1, -0.05) is 0 Å². The molecule has 0 N–H and O–H groups in total. The molecule has 1 saturated heterocycles. The number of hydrogen-bond acceptors (Lipinski definition) is 8. The standard InChI is InChI=1S/C14H14ClFN4O5/c1-6(21)23-10-8(3-15)25-14(11(10)24-7(2)22)20-5-19-9-12(16)17-4-18-13(9)20/h4-5,8,10-11,14H,3H2,1-2H3/t8-,10-,11-,14-/m1/s1. The number of esters is 2. The molecule has 3 rings (SSSR count). The van der Waals surface area contributed by atoms with Crippen LogP contribution in [-0.2, 0) is 23.8 Å². The first-order chi connectivity index (χ1) is 11.9. The van der Waals surface area contributed by atoms with Crippen LogP contribution in [0.5, 0.6) is 0 Å². The number of rotatable bonds is 4. The lowest BCUT2D eigenvalue weighted by atomic mass is 10.1. The van der Waals surface area contributed by atoms with E-state index in [1.807, 2.05) is 0 Å². The zero-order chi connectivity index (χ0) is 18.1. The number of aromatic nitrogens is 4. The van der Waals surface area contributed by atoms with Gasteiger partial charge in [-0.2, -0.15) is 4.39 Å². The third kappa shape index (κ3) is 3.27. The molecule has 1 aliphatic heterocycles. The Bertz CT molecular complexity index is 816. The van der Waals surface area contributed by atoms with Gasteiger partial charge in [0, 0.05) is 13.8 Å². The third-order valence-corrected chi connectivity index (χ3v) is 3.93. The molecule has 0 saturated carbocycles. The van der Waals surface area contributed by atoms with Crippen LogP contribution in [0.25, 0.3) is 11.2 Å². The average molecular weight is 373 g/mol. The lowest BCUT2D eigenvalue weighted by molar-refractivity contribution is -0.165. The van der Waals surface area contributed by atoms with Gasteiger partial charge in [0.25, 0.3) is 0 Å². The van der Waals surface area contributed by atoms with Crippen molar-refractivity contribution in [1.82, 2.24) is 19.5 Å². The van der Waals surface area contributed by atoms with E-state index in [1.54, 1.807) is 0 Å². The molecule has 134 valence electrons. The monoisotopic (exact) mass is 372 g/mol. The Hall–Kier alpha value is -2.33. The van der Waals surface area contributed by atoms with Crippen molar-refractivity contribution in [2.24, 2.45) is 0 Å². The van der Waals surface area contributed by atoms with Crippen LogP contribution in [0.4, 0.5) is 4.39 Å². The van der Waals surface area contributed by atoms with Crippen molar-refractivity contribution < 1.29 is 28.2 Å². The van der Waals surface area contributed by atoms with Gasteiger partial charge in [-0.15, -0.1) is 11.6 Å². The molecular weight excluding hydrogens is 359 g/mol. The highest BCUT2D eigenvalue weighted by molar-refractivity contribution is 6.18. The van der Waals surface area contributed by atoms with Crippen LogP contribution in [0, 0.1) is 5.95 Å². The van der Waals surface area contributed by atoms with Gasteiger partial charge >= 0.3 is 11.9 Å². The maximum Gasteiger partial charge on any atom is 0.303 e. The second-order valence-corrected chi connectivity index (χ2v) is 5.66. The summed E-state index contributed by atoms with van der Waals surface area (Å²) in [6, 6.07) is 0. The van der Waals surface area contributed by atoms with Gasteiger partial charge in [0.05, 0.1) is 12.2 Å². The highest BCUT2D eigenvalue weighted by atomic mass is 35.5. The average Bonchev–Trinajstić information content (AvgIpc) is 3.10. The molecule has 0 unspecified atom stereocenters. The largest absolute Gasteiger partial charge is 0.456 e. The van der Waals surface area contributed by atoms with Gasteiger partial charge in [-0.25, -0.2) is 15.0 Å². The highest BCUT2D eigenvalue weighted by Gasteiger charge is 2.50. The smallest absolute Gasteiger partial charge is 0.303 e. The van der Waals surface area contributed by atoms with Crippen molar-refractivity contribution in [1.29, 1.82) is 0 Å². The highest BCUT2D eigenvalue weighted by Crippen LogP contribution is 2.36. The van der Waals surface area contributed by atoms with Crippen molar-refractivity contribution in [3.63, 3.8) is 0 Å². The maximum atomic E-state index is 13.7. The lowest BCUT2D eigenvalue weighted by Gasteiger charge is -2.23. The van der Waals surface area contributed by atoms with E-state index < -0.39 is 42.4 Å². The third-order valence-electron chi connectivity index (χ3n) is 3.63. The number of ether oxygens (including phenoxy) is 3. The van der Waals surface area contributed by atoms with Gasteiger partial charge in [-0.05, 0) is 0 Å². The first-order valence-corrected chi connectivity index (χ1v) is 7.84. The number of nitrogens with zero attached hydrogens (tertiary/aromatic N) is 4. The predicted octanol–water partition coefficient (Wildman–Crippen LogP) is 0.965. The van der Waals surface area contributed by atoms with Crippen molar-refractivity contribution in [3.05, 3.63) is 18.6 Å². The molecule has 0 aromatic carbocycles. The summed E-state index contributed by atoms with van der Waals surface area (Å²) in [5, 5.41) is 0. The Labute approximate surface area is 146 Å². The van der Waals surface area contributed by atoms with Gasteiger partial charge in [0.15, 0.2) is 29.6 Å². The summed E-state index contributed by atoms with van der Waals surface area (Å²) in [5.74, 6) is -1.99. The molecule has 0 amide bonds. The molecule has 0 bridgehead atoms. The summed E-state index contributed by atoms with van der Waals surface area (Å²) in [6.07, 6.45) is -1.28. The van der Waals surface area contributed by atoms with Crippen LogP contribution in [0.15, 0.2) is 12.7 Å². The summed E-state index contributed by atoms with van der Waals surface area (Å²) in [7, 11) is 0. The maximum absolute atomic E-state index is 13.7. The number of hydrogen-bond donors (Lipinski definition) is 0. The van der Waals surface area contributed by atoms with Crippen LogP contribution in [0.3, 0.4) is 0 Å². The Morgan fingerprint density at radius 3 is 2.56 bits per heavy atom. The zero-order valence-electron chi connectivity index (χ0n) is 13.3. The minimum Gasteiger partial charge on any atom is -0.456 e. The molecule has 0 radical (unpaired) electrons. The molecule has 2 aromatic rings. The van der Waals surface area contributed by atoms with E-state index in [1.165, 1.54) is 24.7 Å². The first-order valence-electron chi connectivity index (χ1n) is 7.31. The second-order valence-electron chi connectivity index (χ2n) is 5.36. The Kier molecular flexibility index (Phi) is 4.82. The second kappa shape index (κ2) is 6.89. The summed E-state index contributed by atoms with van der Waals surface area (Å²) >= 11 is 5.89. The molecule has 3 heterocycles. The lowest BCUT2D eigenvalue weighted by Crippen LogP contribution is -2.39. The van der Waals surface area contributed by atoms with E-state index in [9.17, 15) is 14.0 Å². The van der Waals surface area contributed by atoms with Crippen LogP contribution in [-0.4, -0.2) is 55.6 Å². The topological polar surface area (TPSA) is 105 Å². The predicted molar refractivity (Wildman–Crippen MR) is 81.0 cm³/mol. The SMILES string of the molecule is CC(=O)O[C@@H]1[C@H](OC(C)=O)[C@@H](CCl)O[C@H]1n1cnc2c(F)ncnc21. The van der Waals surface area contributed by atoms with Gasteiger partial charge in [0.2, 0.25) is 5.95 Å². The number of carbonyl (C=O) groups excluding carboxylic acids is 2. The van der Waals surface area contributed by atoms with Crippen LogP contribution in [0.1, 0.15) is 20.1 Å². The Morgan fingerprint density at radius 1 is 1.24 bits per heavy atom. The van der Waals surface area contributed by atoms with Crippen LogP contribution in [0.2, 0.25) is 0 Å². The summed E-state index contributed by atoms with van der Waals surface area (Å²) < 4.78 is 31.4. The van der Waals surface area contributed by atoms with E-state index in [-0.39, 0.29) is 17.0 Å². The van der Waals surface area contributed by atoms with E-state index >= 15 is 0 Å². The molecule has 1 aliphatic rings. The first kappa shape index (κ1) is 17.5. The molecule has 4 atom stereocenters. The van der Waals surface area contributed by atoms with Crippen molar-refractivity contribution in [2.75, 3.05) is 5.88 Å². The molecule has 9 nitrogen and oxygen atoms in total. The van der Waals surface area contributed by atoms with Crippen molar-refractivity contribution in [3.8, 4) is 0 Å². The number of imidazole rings is 1. The summed E-state index contributed by atoms with van der Waals surface area (Å²) in [4.78, 5) is 34.2. The molecule has 1 fully saturated rings. The van der Waals surface area contributed by atoms with Gasteiger partial charge in [-0.3, -0.25) is 14.2 Å². The summed E-state index contributed by atoms with van der Waals surface area (Å²) in [5.41, 5.74) is 0.0810. The molecule has 25 heavy (non-hydrogen) atoms. The van der Waals surface area contributed by atoms with Gasteiger partial charge in [0.1, 0.15) is 12.4 Å².